The van der Waals surface area contributed by atoms with Crippen LogP contribution in [0.1, 0.15) is 28.8 Å². The Morgan fingerprint density at radius 3 is 2.62 bits per heavy atom. The van der Waals surface area contributed by atoms with Crippen molar-refractivity contribution in [3.63, 3.8) is 0 Å². The van der Waals surface area contributed by atoms with E-state index in [1.54, 1.807) is 0 Å². The normalized spacial score (nSPS) is 10.0. The van der Waals surface area contributed by atoms with Crippen molar-refractivity contribution >= 4 is 17.5 Å². The summed E-state index contributed by atoms with van der Waals surface area (Å²) in [5, 5.41) is 10.7. The number of nitrogens with one attached hydrogen (secondary N) is 2. The van der Waals surface area contributed by atoms with Gasteiger partial charge in [-0.05, 0) is 37.1 Å². The summed E-state index contributed by atoms with van der Waals surface area (Å²) < 4.78 is 5.54. The van der Waals surface area contributed by atoms with Gasteiger partial charge in [0.15, 0.2) is 0 Å². The first kappa shape index (κ1) is 18.9. The van der Waals surface area contributed by atoms with Gasteiger partial charge in [-0.1, -0.05) is 18.2 Å². The molecule has 0 bridgehead atoms. The SMILES string of the molecule is Cc1cccc(OCCCC(=O)NNC(=O)c2cccc([N+](=O)[O-])c2)c1. The number of hydrogen-bond acceptors (Lipinski definition) is 5. The Labute approximate surface area is 150 Å². The monoisotopic (exact) mass is 357 g/mol. The molecule has 26 heavy (non-hydrogen) atoms. The number of benzene rings is 2. The number of ether oxygens (including phenoxy) is 1. The minimum absolute atomic E-state index is 0.0854. The zero-order valence-corrected chi connectivity index (χ0v) is 14.2. The van der Waals surface area contributed by atoms with Crippen molar-refractivity contribution in [2.24, 2.45) is 0 Å². The van der Waals surface area contributed by atoms with Gasteiger partial charge in [0.2, 0.25) is 5.91 Å². The number of rotatable bonds is 7. The van der Waals surface area contributed by atoms with Crippen molar-refractivity contribution in [3.8, 4) is 5.75 Å². The molecule has 2 aromatic carbocycles. The third-order valence-corrected chi connectivity index (χ3v) is 3.44. The zero-order valence-electron chi connectivity index (χ0n) is 14.2. The minimum atomic E-state index is -0.627. The molecule has 8 nitrogen and oxygen atoms in total. The number of nitrogens with zero attached hydrogens (tertiary/aromatic N) is 1. The number of nitro benzene ring substituents is 1. The number of hydrazine groups is 1. The van der Waals surface area contributed by atoms with Crippen LogP contribution in [-0.4, -0.2) is 23.3 Å². The van der Waals surface area contributed by atoms with Crippen LogP contribution >= 0.6 is 0 Å². The molecule has 0 aliphatic carbocycles. The summed E-state index contributed by atoms with van der Waals surface area (Å²) in [6, 6.07) is 12.8. The summed E-state index contributed by atoms with van der Waals surface area (Å²) in [7, 11) is 0. The lowest BCUT2D eigenvalue weighted by molar-refractivity contribution is -0.384. The lowest BCUT2D eigenvalue weighted by Gasteiger charge is -2.08. The van der Waals surface area contributed by atoms with Crippen LogP contribution in [0.5, 0.6) is 5.75 Å². The van der Waals surface area contributed by atoms with Crippen molar-refractivity contribution in [3.05, 3.63) is 69.8 Å². The van der Waals surface area contributed by atoms with Crippen LogP contribution in [0, 0.1) is 17.0 Å². The van der Waals surface area contributed by atoms with Gasteiger partial charge in [0.05, 0.1) is 11.5 Å². The van der Waals surface area contributed by atoms with Crippen molar-refractivity contribution in [2.45, 2.75) is 19.8 Å². The van der Waals surface area contributed by atoms with Crippen LogP contribution in [0.25, 0.3) is 0 Å². The summed E-state index contributed by atoms with van der Waals surface area (Å²) in [4.78, 5) is 33.7. The molecule has 2 aromatic rings. The van der Waals surface area contributed by atoms with E-state index in [9.17, 15) is 19.7 Å². The molecule has 2 N–H and O–H groups in total. The van der Waals surface area contributed by atoms with E-state index in [2.05, 4.69) is 10.9 Å². The molecule has 8 heteroatoms. The van der Waals surface area contributed by atoms with E-state index in [0.717, 1.165) is 17.4 Å². The first-order chi connectivity index (χ1) is 12.5. The van der Waals surface area contributed by atoms with Crippen molar-refractivity contribution < 1.29 is 19.2 Å². The zero-order chi connectivity index (χ0) is 18.9. The van der Waals surface area contributed by atoms with E-state index in [-0.39, 0.29) is 23.6 Å². The topological polar surface area (TPSA) is 111 Å². The number of nitro groups is 1. The molecule has 0 aromatic heterocycles. The molecule has 0 saturated carbocycles. The number of hydrogen-bond donors (Lipinski definition) is 2. The third-order valence-electron chi connectivity index (χ3n) is 3.44. The van der Waals surface area contributed by atoms with Crippen molar-refractivity contribution in [2.75, 3.05) is 6.61 Å². The molecule has 0 saturated heterocycles. The van der Waals surface area contributed by atoms with Crippen LogP contribution in [-0.2, 0) is 4.79 Å². The van der Waals surface area contributed by atoms with E-state index < -0.39 is 10.8 Å². The van der Waals surface area contributed by atoms with E-state index in [1.807, 2.05) is 31.2 Å². The van der Waals surface area contributed by atoms with Gasteiger partial charge in [0.25, 0.3) is 11.6 Å². The standard InChI is InChI=1S/C18H19N3O5/c1-13-5-2-8-16(11-13)26-10-4-9-17(22)19-20-18(23)14-6-3-7-15(12-14)21(24)25/h2-3,5-8,11-12H,4,9-10H2,1H3,(H,19,22)(H,20,23). The van der Waals surface area contributed by atoms with Gasteiger partial charge in [-0.2, -0.15) is 0 Å². The van der Waals surface area contributed by atoms with E-state index >= 15 is 0 Å². The molecular weight excluding hydrogens is 338 g/mol. The Balaban J connectivity index is 1.70. The van der Waals surface area contributed by atoms with Gasteiger partial charge in [-0.15, -0.1) is 0 Å². The maximum Gasteiger partial charge on any atom is 0.270 e. The fourth-order valence-electron chi connectivity index (χ4n) is 2.15. The lowest BCUT2D eigenvalue weighted by atomic mass is 10.2. The fraction of sp³-hybridized carbons (Fsp3) is 0.222. The summed E-state index contributed by atoms with van der Waals surface area (Å²) in [5.74, 6) is -0.265. The molecular formula is C18H19N3O5. The molecule has 0 aliphatic heterocycles. The van der Waals surface area contributed by atoms with Crippen molar-refractivity contribution in [1.82, 2.24) is 10.9 Å². The molecule has 0 heterocycles. The van der Waals surface area contributed by atoms with Crippen LogP contribution in [0.15, 0.2) is 48.5 Å². The van der Waals surface area contributed by atoms with Crippen molar-refractivity contribution in [1.29, 1.82) is 0 Å². The lowest BCUT2D eigenvalue weighted by Crippen LogP contribution is -2.41. The molecule has 2 amide bonds. The summed E-state index contributed by atoms with van der Waals surface area (Å²) in [6.07, 6.45) is 0.646. The van der Waals surface area contributed by atoms with Gasteiger partial charge >= 0.3 is 0 Å². The Morgan fingerprint density at radius 2 is 1.88 bits per heavy atom. The Kier molecular flexibility index (Phi) is 6.67. The number of aryl methyl sites for hydroxylation is 1. The highest BCUT2D eigenvalue weighted by atomic mass is 16.6. The molecule has 0 unspecified atom stereocenters. The quantitative estimate of drug-likeness (QED) is 0.449. The molecule has 0 aliphatic rings. The average Bonchev–Trinajstić information content (AvgIpc) is 2.63. The average molecular weight is 357 g/mol. The smallest absolute Gasteiger partial charge is 0.270 e. The highest BCUT2D eigenvalue weighted by molar-refractivity contribution is 5.95. The number of non-ortho nitro benzene ring substituents is 1. The maximum absolute atomic E-state index is 11.9. The van der Waals surface area contributed by atoms with E-state index in [1.165, 1.54) is 18.2 Å². The van der Waals surface area contributed by atoms with E-state index in [0.29, 0.717) is 13.0 Å². The van der Waals surface area contributed by atoms with Gasteiger partial charge in [-0.3, -0.25) is 30.6 Å². The largest absolute Gasteiger partial charge is 0.494 e. The molecule has 2 rings (SSSR count). The Morgan fingerprint density at radius 1 is 1.12 bits per heavy atom. The molecule has 0 fully saturated rings. The van der Waals surface area contributed by atoms with Gasteiger partial charge < -0.3 is 4.74 Å². The molecule has 136 valence electrons. The second-order valence-electron chi connectivity index (χ2n) is 5.58. The first-order valence-corrected chi connectivity index (χ1v) is 7.99. The second kappa shape index (κ2) is 9.16. The molecule has 0 atom stereocenters. The Hall–Kier alpha value is -3.42. The van der Waals surface area contributed by atoms with Gasteiger partial charge in [0, 0.05) is 24.1 Å². The van der Waals surface area contributed by atoms with Gasteiger partial charge in [0.1, 0.15) is 5.75 Å². The molecule has 0 radical (unpaired) electrons. The summed E-state index contributed by atoms with van der Waals surface area (Å²) >= 11 is 0. The van der Waals surface area contributed by atoms with Crippen LogP contribution in [0.4, 0.5) is 5.69 Å². The molecule has 0 spiro atoms. The fourth-order valence-corrected chi connectivity index (χ4v) is 2.15. The predicted octanol–water partition coefficient (Wildman–Crippen LogP) is 2.52. The number of amides is 2. The third kappa shape index (κ3) is 5.90. The number of carbonyl (C=O) groups excluding carboxylic acids is 2. The second-order valence-corrected chi connectivity index (χ2v) is 5.58. The van der Waals surface area contributed by atoms with Crippen LogP contribution in [0.3, 0.4) is 0 Å². The maximum atomic E-state index is 11.9. The summed E-state index contributed by atoms with van der Waals surface area (Å²) in [5.41, 5.74) is 5.48. The van der Waals surface area contributed by atoms with Gasteiger partial charge in [-0.25, -0.2) is 0 Å². The number of carbonyl (C=O) groups is 2. The first-order valence-electron chi connectivity index (χ1n) is 7.99. The minimum Gasteiger partial charge on any atom is -0.494 e. The highest BCUT2D eigenvalue weighted by Gasteiger charge is 2.12. The van der Waals surface area contributed by atoms with Crippen LogP contribution < -0.4 is 15.6 Å². The predicted molar refractivity (Wildman–Crippen MR) is 94.6 cm³/mol. The Bertz CT molecular complexity index is 807. The van der Waals surface area contributed by atoms with E-state index in [4.69, 9.17) is 4.74 Å². The summed E-state index contributed by atoms with van der Waals surface area (Å²) in [6.45, 7) is 2.33. The van der Waals surface area contributed by atoms with Crippen LogP contribution in [0.2, 0.25) is 0 Å². The highest BCUT2D eigenvalue weighted by Crippen LogP contribution is 2.13.